The molecule has 0 aliphatic heterocycles. The van der Waals surface area contributed by atoms with Crippen molar-refractivity contribution in [2.75, 3.05) is 13.1 Å². The van der Waals surface area contributed by atoms with Gasteiger partial charge in [0.2, 0.25) is 0 Å². The van der Waals surface area contributed by atoms with Crippen LogP contribution in [0.25, 0.3) is 10.9 Å². The molecule has 5 heteroatoms. The van der Waals surface area contributed by atoms with E-state index in [0.29, 0.717) is 23.6 Å². The highest BCUT2D eigenvalue weighted by Crippen LogP contribution is 2.14. The maximum Gasteiger partial charge on any atom is 0.254 e. The maximum atomic E-state index is 12.3. The van der Waals surface area contributed by atoms with Crippen molar-refractivity contribution >= 4 is 34.0 Å². The first kappa shape index (κ1) is 13.4. The number of carbonyl (C=O) groups excluding carboxylic acids is 1. The lowest BCUT2D eigenvalue weighted by molar-refractivity contribution is 0.0788. The molecule has 2 N–H and O–H groups in total. The molecular formula is C14H15N3OS. The van der Waals surface area contributed by atoms with E-state index >= 15 is 0 Å². The van der Waals surface area contributed by atoms with Gasteiger partial charge < -0.3 is 10.6 Å². The number of amides is 1. The zero-order chi connectivity index (χ0) is 13.8. The van der Waals surface area contributed by atoms with Crippen molar-refractivity contribution in [1.29, 1.82) is 0 Å². The van der Waals surface area contributed by atoms with Crippen LogP contribution in [-0.4, -0.2) is 33.9 Å². The zero-order valence-electron chi connectivity index (χ0n) is 10.7. The number of carbonyl (C=O) groups is 1. The van der Waals surface area contributed by atoms with Crippen LogP contribution in [0, 0.1) is 0 Å². The number of thiocarbonyl (C=S) groups is 1. The average molecular weight is 273 g/mol. The molecule has 1 aromatic carbocycles. The van der Waals surface area contributed by atoms with Gasteiger partial charge in [0.25, 0.3) is 5.91 Å². The number of nitrogens with zero attached hydrogens (tertiary/aromatic N) is 2. The Hall–Kier alpha value is -2.01. The number of rotatable bonds is 4. The summed E-state index contributed by atoms with van der Waals surface area (Å²) in [6.45, 7) is 2.77. The van der Waals surface area contributed by atoms with Crippen LogP contribution in [0.3, 0.4) is 0 Å². The van der Waals surface area contributed by atoms with Crippen LogP contribution in [0.1, 0.15) is 17.3 Å². The minimum Gasteiger partial charge on any atom is -0.392 e. The SMILES string of the molecule is CCN(CC(N)=S)C(=O)c1ccc2ncccc2c1. The molecule has 1 amide bonds. The summed E-state index contributed by atoms with van der Waals surface area (Å²) in [7, 11) is 0. The number of pyridine rings is 1. The standard InChI is InChI=1S/C14H15N3OS/c1-2-17(9-13(15)19)14(18)11-5-6-12-10(8-11)4-3-7-16-12/h3-8H,2,9H2,1H3,(H2,15,19). The van der Waals surface area contributed by atoms with E-state index in [4.69, 9.17) is 18.0 Å². The van der Waals surface area contributed by atoms with Crippen molar-refractivity contribution in [1.82, 2.24) is 9.88 Å². The van der Waals surface area contributed by atoms with E-state index in [1.54, 1.807) is 17.2 Å². The zero-order valence-corrected chi connectivity index (χ0v) is 11.5. The summed E-state index contributed by atoms with van der Waals surface area (Å²) in [6, 6.07) is 9.25. The number of benzene rings is 1. The molecule has 0 aliphatic rings. The van der Waals surface area contributed by atoms with Crippen LogP contribution >= 0.6 is 12.2 Å². The Labute approximate surface area is 117 Å². The second-order valence-electron chi connectivity index (χ2n) is 4.20. The molecule has 98 valence electrons. The Bertz CT molecular complexity index is 627. The second-order valence-corrected chi connectivity index (χ2v) is 4.72. The quantitative estimate of drug-likeness (QED) is 0.865. The van der Waals surface area contributed by atoms with Crippen LogP contribution in [0.15, 0.2) is 36.5 Å². The van der Waals surface area contributed by atoms with E-state index in [2.05, 4.69) is 4.98 Å². The van der Waals surface area contributed by atoms with Crippen molar-refractivity contribution in [2.24, 2.45) is 5.73 Å². The smallest absolute Gasteiger partial charge is 0.254 e. The van der Waals surface area contributed by atoms with Gasteiger partial charge in [-0.25, -0.2) is 0 Å². The lowest BCUT2D eigenvalue weighted by atomic mass is 10.1. The van der Waals surface area contributed by atoms with Gasteiger partial charge in [0, 0.05) is 23.7 Å². The summed E-state index contributed by atoms with van der Waals surface area (Å²) in [6.07, 6.45) is 1.73. The predicted molar refractivity (Wildman–Crippen MR) is 80.1 cm³/mol. The van der Waals surface area contributed by atoms with Crippen LogP contribution in [-0.2, 0) is 0 Å². The summed E-state index contributed by atoms with van der Waals surface area (Å²) in [5, 5.41) is 0.944. The molecule has 1 heterocycles. The van der Waals surface area contributed by atoms with Crippen LogP contribution in [0.4, 0.5) is 0 Å². The van der Waals surface area contributed by atoms with Gasteiger partial charge >= 0.3 is 0 Å². The van der Waals surface area contributed by atoms with Crippen molar-refractivity contribution < 1.29 is 4.79 Å². The van der Waals surface area contributed by atoms with Gasteiger partial charge in [0.1, 0.15) is 0 Å². The average Bonchev–Trinajstić information content (AvgIpc) is 2.43. The summed E-state index contributed by atoms with van der Waals surface area (Å²) >= 11 is 4.86. The lowest BCUT2D eigenvalue weighted by Crippen LogP contribution is -2.37. The highest BCUT2D eigenvalue weighted by atomic mass is 32.1. The molecule has 19 heavy (non-hydrogen) atoms. The van der Waals surface area contributed by atoms with E-state index in [0.717, 1.165) is 10.9 Å². The van der Waals surface area contributed by atoms with Gasteiger partial charge in [-0.2, -0.15) is 0 Å². The number of aromatic nitrogens is 1. The summed E-state index contributed by atoms with van der Waals surface area (Å²) < 4.78 is 0. The van der Waals surface area contributed by atoms with E-state index in [-0.39, 0.29) is 5.91 Å². The minimum absolute atomic E-state index is 0.0685. The third kappa shape index (κ3) is 3.06. The first-order valence-corrected chi connectivity index (χ1v) is 6.45. The molecule has 2 rings (SSSR count). The Morgan fingerprint density at radius 2 is 2.21 bits per heavy atom. The molecule has 1 aromatic heterocycles. The van der Waals surface area contributed by atoms with Crippen molar-refractivity contribution in [3.8, 4) is 0 Å². The van der Waals surface area contributed by atoms with Gasteiger partial charge in [-0.3, -0.25) is 9.78 Å². The molecular weight excluding hydrogens is 258 g/mol. The van der Waals surface area contributed by atoms with Crippen molar-refractivity contribution in [3.05, 3.63) is 42.1 Å². The predicted octanol–water partition coefficient (Wildman–Crippen LogP) is 1.98. The molecule has 0 spiro atoms. The van der Waals surface area contributed by atoms with E-state index in [1.807, 2.05) is 31.2 Å². The summed E-state index contributed by atoms with van der Waals surface area (Å²) in [5.41, 5.74) is 7.00. The first-order chi connectivity index (χ1) is 9.11. The number of hydrogen-bond donors (Lipinski definition) is 1. The highest BCUT2D eigenvalue weighted by molar-refractivity contribution is 7.80. The number of nitrogens with two attached hydrogens (primary N) is 1. The molecule has 0 atom stereocenters. The first-order valence-electron chi connectivity index (χ1n) is 6.04. The topological polar surface area (TPSA) is 59.2 Å². The molecule has 0 unspecified atom stereocenters. The lowest BCUT2D eigenvalue weighted by Gasteiger charge is -2.20. The van der Waals surface area contributed by atoms with E-state index < -0.39 is 0 Å². The molecule has 0 fully saturated rings. The third-order valence-corrected chi connectivity index (χ3v) is 2.99. The number of fused-ring (bicyclic) bond motifs is 1. The van der Waals surface area contributed by atoms with Crippen LogP contribution in [0.2, 0.25) is 0 Å². The van der Waals surface area contributed by atoms with Gasteiger partial charge in [0.05, 0.1) is 17.0 Å². The van der Waals surface area contributed by atoms with Crippen LogP contribution in [0.5, 0.6) is 0 Å². The summed E-state index contributed by atoms with van der Waals surface area (Å²) in [4.78, 5) is 18.5. The molecule has 0 saturated heterocycles. The fourth-order valence-corrected chi connectivity index (χ4v) is 2.06. The Kier molecular flexibility index (Phi) is 4.06. The molecule has 4 nitrogen and oxygen atoms in total. The van der Waals surface area contributed by atoms with Gasteiger partial charge in [-0.05, 0) is 31.2 Å². The van der Waals surface area contributed by atoms with E-state index in [1.165, 1.54) is 0 Å². The largest absolute Gasteiger partial charge is 0.392 e. The van der Waals surface area contributed by atoms with Crippen LogP contribution < -0.4 is 5.73 Å². The maximum absolute atomic E-state index is 12.3. The number of hydrogen-bond acceptors (Lipinski definition) is 3. The Balaban J connectivity index is 2.32. The monoisotopic (exact) mass is 273 g/mol. The van der Waals surface area contributed by atoms with Crippen molar-refractivity contribution in [2.45, 2.75) is 6.92 Å². The molecule has 0 radical (unpaired) electrons. The normalized spacial score (nSPS) is 10.4. The minimum atomic E-state index is -0.0685. The molecule has 0 bridgehead atoms. The second kappa shape index (κ2) is 5.75. The van der Waals surface area contributed by atoms with Gasteiger partial charge in [0.15, 0.2) is 0 Å². The Morgan fingerprint density at radius 3 is 2.89 bits per heavy atom. The highest BCUT2D eigenvalue weighted by Gasteiger charge is 2.15. The Morgan fingerprint density at radius 1 is 1.42 bits per heavy atom. The van der Waals surface area contributed by atoms with Crippen molar-refractivity contribution in [3.63, 3.8) is 0 Å². The fourth-order valence-electron chi connectivity index (χ4n) is 1.91. The van der Waals surface area contributed by atoms with E-state index in [9.17, 15) is 4.79 Å². The third-order valence-electron chi connectivity index (χ3n) is 2.87. The number of likely N-dealkylation sites (N-methyl/N-ethyl adjacent to an activating group) is 1. The fraction of sp³-hybridized carbons (Fsp3) is 0.214. The van der Waals surface area contributed by atoms with Gasteiger partial charge in [-0.15, -0.1) is 0 Å². The molecule has 2 aromatic rings. The molecule has 0 aliphatic carbocycles. The summed E-state index contributed by atoms with van der Waals surface area (Å²) in [5.74, 6) is -0.0685. The molecule has 0 saturated carbocycles. The van der Waals surface area contributed by atoms with Gasteiger partial charge in [-0.1, -0.05) is 18.3 Å².